The summed E-state index contributed by atoms with van der Waals surface area (Å²) in [7, 11) is 0. The number of carboxylic acid groups (broad SMARTS) is 1. The predicted octanol–water partition coefficient (Wildman–Crippen LogP) is 0.997. The normalized spacial score (nSPS) is 10.5. The number of carbonyl (C=O) groups is 1. The van der Waals surface area contributed by atoms with Gasteiger partial charge in [-0.05, 0) is 41.8 Å². The van der Waals surface area contributed by atoms with E-state index in [0.29, 0.717) is 24.6 Å². The van der Waals surface area contributed by atoms with Crippen molar-refractivity contribution in [2.24, 2.45) is 0 Å². The molecule has 3 rings (SSSR count). The van der Waals surface area contributed by atoms with Crippen LogP contribution in [0.25, 0.3) is 0 Å². The molecule has 0 saturated carbocycles. The first kappa shape index (κ1) is 17.3. The van der Waals surface area contributed by atoms with Crippen LogP contribution in [0.2, 0.25) is 0 Å². The molecule has 2 aromatic carbocycles. The number of aromatic amines is 1. The standard InChI is InChI=1S/C19H18N4O3/c20-18(19-21-12-22-23-19)15-3-1-2-14(10-15)11-26-16-7-4-13(5-8-16)6-9-17(24)25/h1-5,7-8,10,12,20H,6,9,11H2,(H,24,25)(H,21,22,23)/p+1. The van der Waals surface area contributed by atoms with E-state index in [1.807, 2.05) is 48.5 Å². The Hall–Kier alpha value is -3.48. The van der Waals surface area contributed by atoms with Gasteiger partial charge in [-0.2, -0.15) is 5.10 Å². The highest BCUT2D eigenvalue weighted by Crippen LogP contribution is 2.16. The van der Waals surface area contributed by atoms with E-state index >= 15 is 0 Å². The second kappa shape index (κ2) is 8.06. The van der Waals surface area contributed by atoms with Crippen molar-refractivity contribution in [3.8, 4) is 5.75 Å². The summed E-state index contributed by atoms with van der Waals surface area (Å²) in [5.74, 6) is 0.452. The van der Waals surface area contributed by atoms with Gasteiger partial charge in [-0.3, -0.25) is 15.3 Å². The topological polar surface area (TPSA) is 114 Å². The van der Waals surface area contributed by atoms with Crippen molar-refractivity contribution in [1.82, 2.24) is 15.2 Å². The van der Waals surface area contributed by atoms with Crippen LogP contribution in [0.4, 0.5) is 0 Å². The zero-order chi connectivity index (χ0) is 18.4. The average molecular weight is 351 g/mol. The molecule has 3 aromatic rings. The van der Waals surface area contributed by atoms with E-state index in [1.165, 1.54) is 6.33 Å². The quantitative estimate of drug-likeness (QED) is 0.524. The number of benzene rings is 2. The van der Waals surface area contributed by atoms with Gasteiger partial charge in [0.15, 0.2) is 0 Å². The number of H-pyrrole nitrogens is 1. The molecule has 0 unspecified atom stereocenters. The summed E-state index contributed by atoms with van der Waals surface area (Å²) in [5, 5.41) is 21.4. The molecule has 7 heteroatoms. The molecule has 0 aliphatic heterocycles. The summed E-state index contributed by atoms with van der Waals surface area (Å²) in [4.78, 5) is 14.7. The smallest absolute Gasteiger partial charge is 0.303 e. The number of aryl methyl sites for hydroxylation is 1. The van der Waals surface area contributed by atoms with E-state index < -0.39 is 5.97 Å². The summed E-state index contributed by atoms with van der Waals surface area (Å²) in [6.07, 6.45) is 2.04. The Morgan fingerprint density at radius 1 is 1.15 bits per heavy atom. The van der Waals surface area contributed by atoms with E-state index in [4.69, 9.17) is 15.3 Å². The van der Waals surface area contributed by atoms with Crippen molar-refractivity contribution in [3.63, 3.8) is 0 Å². The van der Waals surface area contributed by atoms with E-state index in [0.717, 1.165) is 22.4 Å². The second-order valence-electron chi connectivity index (χ2n) is 5.77. The van der Waals surface area contributed by atoms with Crippen LogP contribution in [0.15, 0.2) is 54.9 Å². The monoisotopic (exact) mass is 351 g/mol. The maximum Gasteiger partial charge on any atom is 0.303 e. The molecular formula is C19H19N4O3+. The molecular weight excluding hydrogens is 332 g/mol. The minimum absolute atomic E-state index is 0.121. The van der Waals surface area contributed by atoms with Crippen LogP contribution >= 0.6 is 0 Å². The summed E-state index contributed by atoms with van der Waals surface area (Å²) in [6.45, 7) is 0.395. The van der Waals surface area contributed by atoms with Gasteiger partial charge in [-0.15, -0.1) is 0 Å². The highest BCUT2D eigenvalue weighted by molar-refractivity contribution is 6.06. The fourth-order valence-electron chi connectivity index (χ4n) is 2.47. The molecule has 0 bridgehead atoms. The Morgan fingerprint density at radius 3 is 2.65 bits per heavy atom. The fourth-order valence-corrected chi connectivity index (χ4v) is 2.47. The number of aliphatic carboxylic acids is 1. The fraction of sp³-hybridized carbons (Fsp3) is 0.158. The van der Waals surface area contributed by atoms with Gasteiger partial charge in [0.2, 0.25) is 11.5 Å². The van der Waals surface area contributed by atoms with E-state index in [1.54, 1.807) is 0 Å². The third kappa shape index (κ3) is 4.54. The highest BCUT2D eigenvalue weighted by Gasteiger charge is 2.13. The first-order chi connectivity index (χ1) is 12.6. The van der Waals surface area contributed by atoms with Crippen LogP contribution in [0.5, 0.6) is 5.75 Å². The largest absolute Gasteiger partial charge is 0.489 e. The minimum atomic E-state index is -0.799. The second-order valence-corrected chi connectivity index (χ2v) is 5.77. The Kier molecular flexibility index (Phi) is 5.38. The molecule has 0 aliphatic carbocycles. The number of aromatic nitrogens is 3. The lowest BCUT2D eigenvalue weighted by Crippen LogP contribution is -2.41. The molecule has 7 nitrogen and oxygen atoms in total. The average Bonchev–Trinajstić information content (AvgIpc) is 3.20. The maximum atomic E-state index is 10.6. The zero-order valence-electron chi connectivity index (χ0n) is 14.1. The van der Waals surface area contributed by atoms with Gasteiger partial charge in [0.05, 0.1) is 0 Å². The predicted molar refractivity (Wildman–Crippen MR) is 94.7 cm³/mol. The van der Waals surface area contributed by atoms with Gasteiger partial charge in [0.25, 0.3) is 0 Å². The molecule has 0 amide bonds. The van der Waals surface area contributed by atoms with Crippen molar-refractivity contribution in [2.75, 3.05) is 0 Å². The lowest BCUT2D eigenvalue weighted by Gasteiger charge is -2.08. The van der Waals surface area contributed by atoms with Crippen molar-refractivity contribution in [3.05, 3.63) is 77.4 Å². The third-order valence-corrected chi connectivity index (χ3v) is 3.86. The number of nitrogens with one attached hydrogen (secondary N) is 1. The van der Waals surface area contributed by atoms with Gasteiger partial charge in [0, 0.05) is 12.0 Å². The maximum absolute atomic E-state index is 10.6. The number of hydrogen-bond donors (Lipinski definition) is 3. The van der Waals surface area contributed by atoms with Crippen LogP contribution in [0.1, 0.15) is 28.9 Å². The molecule has 0 atom stereocenters. The molecule has 0 spiro atoms. The molecule has 4 N–H and O–H groups in total. The van der Waals surface area contributed by atoms with Crippen LogP contribution in [0.3, 0.4) is 0 Å². The van der Waals surface area contributed by atoms with E-state index in [-0.39, 0.29) is 6.42 Å². The van der Waals surface area contributed by atoms with Gasteiger partial charge in [-0.1, -0.05) is 24.3 Å². The van der Waals surface area contributed by atoms with Gasteiger partial charge < -0.3 is 9.84 Å². The summed E-state index contributed by atoms with van der Waals surface area (Å²) < 4.78 is 5.80. The number of nitrogens with two attached hydrogens (primary N) is 1. The lowest BCUT2D eigenvalue weighted by molar-refractivity contribution is -0.137. The molecule has 0 saturated heterocycles. The number of hydrogen-bond acceptors (Lipinski definition) is 4. The molecule has 0 aliphatic rings. The Labute approximate surface area is 150 Å². The number of rotatable bonds is 8. The van der Waals surface area contributed by atoms with Gasteiger partial charge in [-0.25, -0.2) is 4.98 Å². The lowest BCUT2D eigenvalue weighted by atomic mass is 10.1. The number of carboxylic acids is 1. The Morgan fingerprint density at radius 2 is 1.96 bits per heavy atom. The van der Waals surface area contributed by atoms with Crippen molar-refractivity contribution < 1.29 is 20.0 Å². The van der Waals surface area contributed by atoms with Crippen molar-refractivity contribution in [1.29, 1.82) is 0 Å². The molecule has 1 aromatic heterocycles. The van der Waals surface area contributed by atoms with Crippen LogP contribution in [-0.2, 0) is 17.8 Å². The molecule has 26 heavy (non-hydrogen) atoms. The summed E-state index contributed by atoms with van der Waals surface area (Å²) in [6, 6.07) is 15.2. The zero-order valence-corrected chi connectivity index (χ0v) is 14.1. The van der Waals surface area contributed by atoms with Crippen LogP contribution in [0, 0.1) is 0 Å². The molecule has 132 valence electrons. The third-order valence-electron chi connectivity index (χ3n) is 3.86. The first-order valence-corrected chi connectivity index (χ1v) is 8.13. The highest BCUT2D eigenvalue weighted by atomic mass is 16.5. The molecule has 0 radical (unpaired) electrons. The number of nitrogens with zero attached hydrogens (tertiary/aromatic N) is 2. The molecule has 1 heterocycles. The SMILES string of the molecule is [NH2+]=C(c1cccc(COc2ccc(CCC(=O)O)cc2)c1)c1ncn[nH]1. The van der Waals surface area contributed by atoms with Gasteiger partial charge in [0.1, 0.15) is 18.7 Å². The molecule has 0 fully saturated rings. The number of ether oxygens (including phenoxy) is 1. The van der Waals surface area contributed by atoms with Crippen molar-refractivity contribution >= 4 is 11.7 Å². The first-order valence-electron chi connectivity index (χ1n) is 8.13. The van der Waals surface area contributed by atoms with E-state index in [2.05, 4.69) is 15.2 Å². The Bertz CT molecular complexity index is 889. The minimum Gasteiger partial charge on any atom is -0.489 e. The van der Waals surface area contributed by atoms with Crippen LogP contribution in [-0.4, -0.2) is 32.0 Å². The summed E-state index contributed by atoms with van der Waals surface area (Å²) in [5.41, 5.74) is 3.30. The van der Waals surface area contributed by atoms with Crippen molar-refractivity contribution in [2.45, 2.75) is 19.4 Å². The van der Waals surface area contributed by atoms with Crippen LogP contribution < -0.4 is 10.1 Å². The Balaban J connectivity index is 1.60. The summed E-state index contributed by atoms with van der Waals surface area (Å²) >= 11 is 0. The van der Waals surface area contributed by atoms with Gasteiger partial charge >= 0.3 is 5.97 Å². The van der Waals surface area contributed by atoms with E-state index in [9.17, 15) is 4.79 Å².